The fraction of sp³-hybridized carbons (Fsp3) is 0.429. The molecule has 5 rings (SSSR count). The Hall–Kier alpha value is -3.70. The molecule has 1 fully saturated rings. The van der Waals surface area contributed by atoms with E-state index in [1.165, 1.54) is 0 Å². The van der Waals surface area contributed by atoms with Gasteiger partial charge >= 0.3 is 0 Å². The summed E-state index contributed by atoms with van der Waals surface area (Å²) in [5, 5.41) is 14.7. The first kappa shape index (κ1) is 24.0. The van der Waals surface area contributed by atoms with Crippen LogP contribution in [-0.2, 0) is 7.05 Å². The van der Waals surface area contributed by atoms with Crippen molar-refractivity contribution < 1.29 is 4.74 Å². The number of likely N-dealkylation sites (N-methyl/N-ethyl adjacent to an activating group) is 1. The summed E-state index contributed by atoms with van der Waals surface area (Å²) in [6.07, 6.45) is 0. The van der Waals surface area contributed by atoms with E-state index in [4.69, 9.17) is 4.74 Å². The molecule has 1 saturated heterocycles. The molecule has 0 bridgehead atoms. The average Bonchev–Trinajstić information content (AvgIpc) is 2.86. The molecule has 2 unspecified atom stereocenters. The van der Waals surface area contributed by atoms with Gasteiger partial charge in [0.05, 0.1) is 40.9 Å². The molecule has 2 atom stereocenters. The van der Waals surface area contributed by atoms with Crippen LogP contribution in [0.5, 0.6) is 5.75 Å². The third-order valence-corrected chi connectivity index (χ3v) is 7.47. The van der Waals surface area contributed by atoms with Gasteiger partial charge in [-0.25, -0.2) is 0 Å². The lowest BCUT2D eigenvalue weighted by molar-refractivity contribution is 0.407. The molecule has 2 aliphatic heterocycles. The molecule has 0 amide bonds. The molecule has 0 aliphatic carbocycles. The maximum atomic E-state index is 12.7. The SMILES string of the molecule is COc1cc(N2CCN(C)c3cc(N4CC(C)NC(C)C4)c(C#N)cc32)c2cc(C)c(=O)n(C)c2c1. The molecule has 8 nitrogen and oxygen atoms in total. The Bertz CT molecular complexity index is 1430. The number of piperazine rings is 1. The lowest BCUT2D eigenvalue weighted by atomic mass is 10.0. The number of hydrogen-bond donors (Lipinski definition) is 1. The predicted octanol–water partition coefficient (Wildman–Crippen LogP) is 3.50. The van der Waals surface area contributed by atoms with Crippen molar-refractivity contribution in [2.75, 3.05) is 55.0 Å². The molecular formula is C28H34N6O2. The highest BCUT2D eigenvalue weighted by molar-refractivity contribution is 5.98. The number of ether oxygens (including phenoxy) is 1. The second kappa shape index (κ2) is 9.07. The Labute approximate surface area is 212 Å². The van der Waals surface area contributed by atoms with Crippen molar-refractivity contribution in [1.82, 2.24) is 9.88 Å². The first-order chi connectivity index (χ1) is 17.2. The molecule has 0 spiro atoms. The highest BCUT2D eigenvalue weighted by Crippen LogP contribution is 2.44. The molecule has 188 valence electrons. The molecule has 36 heavy (non-hydrogen) atoms. The van der Waals surface area contributed by atoms with E-state index < -0.39 is 0 Å². The number of pyridine rings is 1. The first-order valence-corrected chi connectivity index (χ1v) is 12.5. The van der Waals surface area contributed by atoms with Crippen molar-refractivity contribution in [2.45, 2.75) is 32.9 Å². The number of nitriles is 1. The molecule has 3 aromatic rings. The minimum atomic E-state index is -0.0173. The Kier molecular flexibility index (Phi) is 6.05. The Morgan fingerprint density at radius 1 is 0.972 bits per heavy atom. The smallest absolute Gasteiger partial charge is 0.253 e. The van der Waals surface area contributed by atoms with Gasteiger partial charge in [0.25, 0.3) is 5.56 Å². The lowest BCUT2D eigenvalue weighted by Crippen LogP contribution is -2.54. The van der Waals surface area contributed by atoms with Gasteiger partial charge in [0.15, 0.2) is 0 Å². The molecule has 8 heteroatoms. The van der Waals surface area contributed by atoms with E-state index in [1.54, 1.807) is 18.7 Å². The first-order valence-electron chi connectivity index (χ1n) is 12.5. The Morgan fingerprint density at radius 2 is 1.69 bits per heavy atom. The van der Waals surface area contributed by atoms with Gasteiger partial charge in [-0.3, -0.25) is 4.79 Å². The van der Waals surface area contributed by atoms with E-state index in [-0.39, 0.29) is 5.56 Å². The third kappa shape index (κ3) is 3.94. The van der Waals surface area contributed by atoms with Crippen molar-refractivity contribution in [3.8, 4) is 11.8 Å². The second-order valence-electron chi connectivity index (χ2n) is 10.2. The Morgan fingerprint density at radius 3 is 2.36 bits per heavy atom. The number of methoxy groups -OCH3 is 1. The summed E-state index contributed by atoms with van der Waals surface area (Å²) < 4.78 is 7.32. The molecule has 2 aliphatic rings. The normalized spacial score (nSPS) is 19.9. The fourth-order valence-corrected chi connectivity index (χ4v) is 5.72. The number of anilines is 4. The molecule has 0 radical (unpaired) electrons. The topological polar surface area (TPSA) is 76.8 Å². The van der Waals surface area contributed by atoms with E-state index >= 15 is 0 Å². The zero-order valence-electron chi connectivity index (χ0n) is 21.9. The quantitative estimate of drug-likeness (QED) is 0.607. The van der Waals surface area contributed by atoms with Gasteiger partial charge in [0, 0.05) is 75.4 Å². The van der Waals surface area contributed by atoms with Crippen LogP contribution in [0, 0.1) is 18.3 Å². The van der Waals surface area contributed by atoms with E-state index in [0.717, 1.165) is 59.8 Å². The summed E-state index contributed by atoms with van der Waals surface area (Å²) in [5.41, 5.74) is 6.20. The summed E-state index contributed by atoms with van der Waals surface area (Å²) in [6.45, 7) is 9.52. The van der Waals surface area contributed by atoms with Crippen LogP contribution < -0.4 is 30.3 Å². The second-order valence-corrected chi connectivity index (χ2v) is 10.2. The van der Waals surface area contributed by atoms with Crippen LogP contribution in [0.2, 0.25) is 0 Å². The highest BCUT2D eigenvalue weighted by atomic mass is 16.5. The van der Waals surface area contributed by atoms with E-state index in [0.29, 0.717) is 29.0 Å². The maximum Gasteiger partial charge on any atom is 0.253 e. The van der Waals surface area contributed by atoms with Crippen molar-refractivity contribution in [2.24, 2.45) is 7.05 Å². The average molecular weight is 487 g/mol. The van der Waals surface area contributed by atoms with Crippen LogP contribution >= 0.6 is 0 Å². The van der Waals surface area contributed by atoms with Gasteiger partial charge in [0.2, 0.25) is 0 Å². The van der Waals surface area contributed by atoms with Gasteiger partial charge in [-0.1, -0.05) is 0 Å². The number of aryl methyl sites for hydroxylation is 2. The number of hydrogen-bond acceptors (Lipinski definition) is 7. The van der Waals surface area contributed by atoms with Gasteiger partial charge in [-0.15, -0.1) is 0 Å². The third-order valence-electron chi connectivity index (χ3n) is 7.47. The summed E-state index contributed by atoms with van der Waals surface area (Å²) in [6, 6.07) is 13.3. The summed E-state index contributed by atoms with van der Waals surface area (Å²) >= 11 is 0. The maximum absolute atomic E-state index is 12.7. The summed E-state index contributed by atoms with van der Waals surface area (Å²) in [7, 11) is 5.55. The van der Waals surface area contributed by atoms with Gasteiger partial charge in [0.1, 0.15) is 11.8 Å². The Balaban J connectivity index is 1.71. The number of fused-ring (bicyclic) bond motifs is 2. The number of aromatic nitrogens is 1. The summed E-state index contributed by atoms with van der Waals surface area (Å²) in [4.78, 5) is 19.5. The van der Waals surface area contributed by atoms with Crippen molar-refractivity contribution in [1.29, 1.82) is 5.26 Å². The minimum absolute atomic E-state index is 0.0173. The predicted molar refractivity (Wildman–Crippen MR) is 146 cm³/mol. The van der Waals surface area contributed by atoms with E-state index in [9.17, 15) is 10.1 Å². The number of nitrogens with one attached hydrogen (secondary N) is 1. The molecule has 0 saturated carbocycles. The van der Waals surface area contributed by atoms with Crippen LogP contribution in [0.1, 0.15) is 25.0 Å². The monoisotopic (exact) mass is 486 g/mol. The molecule has 1 aromatic heterocycles. The molecular weight excluding hydrogens is 452 g/mol. The standard InChI is InChI=1S/C28H34N6O2/c1-17-9-22-24(32(5)28(17)35)11-21(36-6)12-25(22)34-8-7-31(4)26-13-23(20(14-29)10-27(26)34)33-15-18(2)30-19(3)16-33/h9-13,18-19,30H,7-8,15-16H2,1-6H3. The van der Waals surface area contributed by atoms with Crippen LogP contribution in [0.25, 0.3) is 10.9 Å². The van der Waals surface area contributed by atoms with Crippen LogP contribution in [0.4, 0.5) is 22.7 Å². The molecule has 2 aromatic carbocycles. The van der Waals surface area contributed by atoms with Crippen molar-refractivity contribution in [3.63, 3.8) is 0 Å². The lowest BCUT2D eigenvalue weighted by Gasteiger charge is -2.41. The summed E-state index contributed by atoms with van der Waals surface area (Å²) in [5.74, 6) is 0.692. The van der Waals surface area contributed by atoms with Crippen molar-refractivity contribution >= 4 is 33.7 Å². The number of rotatable bonds is 3. The molecule has 3 heterocycles. The van der Waals surface area contributed by atoms with E-state index in [1.807, 2.05) is 31.2 Å². The largest absolute Gasteiger partial charge is 0.497 e. The van der Waals surface area contributed by atoms with Crippen LogP contribution in [-0.4, -0.2) is 57.0 Å². The zero-order valence-corrected chi connectivity index (χ0v) is 21.9. The van der Waals surface area contributed by atoms with Crippen molar-refractivity contribution in [3.05, 3.63) is 51.8 Å². The highest BCUT2D eigenvalue weighted by Gasteiger charge is 2.29. The van der Waals surface area contributed by atoms with Gasteiger partial charge in [-0.2, -0.15) is 5.26 Å². The number of nitrogens with zero attached hydrogens (tertiary/aromatic N) is 5. The van der Waals surface area contributed by atoms with Crippen LogP contribution in [0.3, 0.4) is 0 Å². The minimum Gasteiger partial charge on any atom is -0.497 e. The van der Waals surface area contributed by atoms with Gasteiger partial charge < -0.3 is 29.3 Å². The van der Waals surface area contributed by atoms with E-state index in [2.05, 4.69) is 53.0 Å². The van der Waals surface area contributed by atoms with Gasteiger partial charge in [-0.05, 0) is 39.0 Å². The zero-order chi connectivity index (χ0) is 25.7. The van der Waals surface area contributed by atoms with Crippen LogP contribution in [0.15, 0.2) is 35.1 Å². The molecule has 1 N–H and O–H groups in total. The fourth-order valence-electron chi connectivity index (χ4n) is 5.72. The number of benzene rings is 2.